The highest BCUT2D eigenvalue weighted by Gasteiger charge is 2.28. The molecule has 0 spiro atoms. The third-order valence-corrected chi connectivity index (χ3v) is 2.09. The van der Waals surface area contributed by atoms with Gasteiger partial charge in [-0.15, -0.1) is 0 Å². The Morgan fingerprint density at radius 2 is 2.50 bits per heavy atom. The third-order valence-electron chi connectivity index (χ3n) is 2.09. The second kappa shape index (κ2) is 3.90. The van der Waals surface area contributed by atoms with Gasteiger partial charge >= 0.3 is 0 Å². The summed E-state index contributed by atoms with van der Waals surface area (Å²) in [5, 5.41) is 0. The van der Waals surface area contributed by atoms with Crippen molar-refractivity contribution in [3.63, 3.8) is 0 Å². The molecule has 1 unspecified atom stereocenters. The first kappa shape index (κ1) is 8.05. The van der Waals surface area contributed by atoms with Crippen LogP contribution in [0.4, 0.5) is 0 Å². The van der Waals surface area contributed by atoms with Crippen LogP contribution in [0.1, 0.15) is 28.1 Å². The molecule has 1 aliphatic rings. The van der Waals surface area contributed by atoms with Crippen molar-refractivity contribution in [1.82, 2.24) is 4.90 Å². The smallest absolute Gasteiger partial charge is 0.234 e. The molecule has 0 saturated carbocycles. The quantitative estimate of drug-likeness (QED) is 0.633. The van der Waals surface area contributed by atoms with Gasteiger partial charge < -0.3 is 5.73 Å². The Balaban J connectivity index is 2.68. The molecule has 0 radical (unpaired) electrons. The lowest BCUT2D eigenvalue weighted by atomic mass is 10.2. The Morgan fingerprint density at radius 3 is 3.00 bits per heavy atom. The Hall–Kier alpha value is -0.570. The van der Waals surface area contributed by atoms with Crippen LogP contribution >= 0.6 is 0 Å². The van der Waals surface area contributed by atoms with E-state index < -0.39 is 11.9 Å². The average molecular weight is 172 g/mol. The SMILES string of the molecule is [2H]C1(C([15NH2])=O)CCCN1CC(C)C. The van der Waals surface area contributed by atoms with Crippen molar-refractivity contribution >= 4 is 5.91 Å². The summed E-state index contributed by atoms with van der Waals surface area (Å²) < 4.78 is 7.94. The fraction of sp³-hybridized carbons (Fsp3) is 0.889. The standard InChI is InChI=1S/C9H18N2O/c1-7(2)6-11-5-3-4-8(11)9(10)12/h7-8H,3-6H2,1-2H3,(H2,10,12)/i8D,10+1. The van der Waals surface area contributed by atoms with Crippen LogP contribution in [0.15, 0.2) is 0 Å². The third kappa shape index (κ3) is 2.21. The number of hydrogen-bond donors (Lipinski definition) is 1. The minimum atomic E-state index is -1.13. The Morgan fingerprint density at radius 1 is 1.83 bits per heavy atom. The number of rotatable bonds is 3. The largest absolute Gasteiger partial charge is 0.368 e. The molecular weight excluding hydrogens is 153 g/mol. The first-order chi connectivity index (χ1) is 5.97. The highest BCUT2D eigenvalue weighted by Crippen LogP contribution is 2.17. The fourth-order valence-electron chi connectivity index (χ4n) is 1.65. The normalized spacial score (nSPS) is 32.4. The van der Waals surface area contributed by atoms with Crippen LogP contribution in [0.25, 0.3) is 0 Å². The molecule has 70 valence electrons. The van der Waals surface area contributed by atoms with Gasteiger partial charge in [0.25, 0.3) is 0 Å². The molecule has 1 amide bonds. The number of nitrogens with zero attached hydrogens (tertiary/aromatic N) is 1. The molecule has 3 nitrogen and oxygen atoms in total. The molecule has 12 heavy (non-hydrogen) atoms. The second-order valence-electron chi connectivity index (χ2n) is 3.75. The summed E-state index contributed by atoms with van der Waals surface area (Å²) >= 11 is 0. The topological polar surface area (TPSA) is 46.3 Å². The van der Waals surface area contributed by atoms with E-state index in [4.69, 9.17) is 7.10 Å². The molecule has 0 aromatic carbocycles. The lowest BCUT2D eigenvalue weighted by Crippen LogP contribution is -2.41. The molecule has 0 bridgehead atoms. The lowest BCUT2D eigenvalue weighted by molar-refractivity contribution is -0.122. The predicted molar refractivity (Wildman–Crippen MR) is 48.6 cm³/mol. The van der Waals surface area contributed by atoms with Gasteiger partial charge in [0.15, 0.2) is 0 Å². The minimum Gasteiger partial charge on any atom is -0.368 e. The molecule has 1 atom stereocenters. The highest BCUT2D eigenvalue weighted by molar-refractivity contribution is 5.80. The molecule has 0 aromatic heterocycles. The fourth-order valence-corrected chi connectivity index (χ4v) is 1.65. The summed E-state index contributed by atoms with van der Waals surface area (Å²) in [6, 6.07) is -1.13. The van der Waals surface area contributed by atoms with E-state index in [1.807, 2.05) is 4.90 Å². The molecule has 2 N–H and O–H groups in total. The van der Waals surface area contributed by atoms with Crippen molar-refractivity contribution in [3.8, 4) is 0 Å². The zero-order valence-electron chi connectivity index (χ0n) is 8.84. The van der Waals surface area contributed by atoms with E-state index in [0.29, 0.717) is 12.3 Å². The predicted octanol–water partition coefficient (Wildman–Crippen LogP) is 0.592. The van der Waals surface area contributed by atoms with Crippen LogP contribution in [-0.2, 0) is 4.79 Å². The average Bonchev–Trinajstić information content (AvgIpc) is 2.33. The summed E-state index contributed by atoms with van der Waals surface area (Å²) in [5.41, 5.74) is 5.23. The van der Waals surface area contributed by atoms with Gasteiger partial charge in [-0.3, -0.25) is 9.69 Å². The van der Waals surface area contributed by atoms with Crippen molar-refractivity contribution < 1.29 is 6.17 Å². The van der Waals surface area contributed by atoms with E-state index in [-0.39, 0.29) is 0 Å². The number of primary amides is 1. The van der Waals surface area contributed by atoms with Crippen LogP contribution < -0.4 is 5.73 Å². The monoisotopic (exact) mass is 172 g/mol. The Labute approximate surface area is 75.3 Å². The van der Waals surface area contributed by atoms with Gasteiger partial charge in [-0.2, -0.15) is 0 Å². The van der Waals surface area contributed by atoms with Crippen LogP contribution in [0, 0.1) is 5.92 Å². The van der Waals surface area contributed by atoms with Crippen LogP contribution in [0.5, 0.6) is 0 Å². The molecule has 1 fully saturated rings. The molecule has 1 heterocycles. The number of nitrogens with two attached hydrogens (primary N) is 1. The number of amides is 1. The van der Waals surface area contributed by atoms with E-state index in [2.05, 4.69) is 13.8 Å². The molecular formula is C9H18N2O. The van der Waals surface area contributed by atoms with Gasteiger partial charge in [0, 0.05) is 6.54 Å². The van der Waals surface area contributed by atoms with Gasteiger partial charge in [0.2, 0.25) is 5.91 Å². The van der Waals surface area contributed by atoms with E-state index >= 15 is 0 Å². The van der Waals surface area contributed by atoms with E-state index in [0.717, 1.165) is 19.5 Å². The summed E-state index contributed by atoms with van der Waals surface area (Å²) in [6.07, 6.45) is 1.48. The summed E-state index contributed by atoms with van der Waals surface area (Å²) in [4.78, 5) is 13.0. The van der Waals surface area contributed by atoms with Crippen LogP contribution in [-0.4, -0.2) is 29.9 Å². The maximum absolute atomic E-state index is 11.1. The van der Waals surface area contributed by atoms with Crippen molar-refractivity contribution in [2.24, 2.45) is 11.7 Å². The van der Waals surface area contributed by atoms with Gasteiger partial charge in [-0.1, -0.05) is 13.8 Å². The number of hydrogen-bond acceptors (Lipinski definition) is 2. The number of likely N-dealkylation sites (tertiary alicyclic amines) is 1. The minimum absolute atomic E-state index is 0.474. The van der Waals surface area contributed by atoms with Crippen LogP contribution in [0.2, 0.25) is 0 Å². The molecule has 3 heteroatoms. The lowest BCUT2D eigenvalue weighted by Gasteiger charge is -2.23. The van der Waals surface area contributed by atoms with Crippen molar-refractivity contribution in [1.29, 1.82) is 0 Å². The van der Waals surface area contributed by atoms with Gasteiger partial charge in [-0.05, 0) is 25.3 Å². The first-order valence-corrected chi connectivity index (χ1v) is 4.52. The van der Waals surface area contributed by atoms with Crippen LogP contribution in [0.3, 0.4) is 0 Å². The van der Waals surface area contributed by atoms with E-state index in [9.17, 15) is 4.79 Å². The maximum atomic E-state index is 11.1. The molecule has 1 rings (SSSR count). The molecule has 1 saturated heterocycles. The molecule has 0 aromatic rings. The van der Waals surface area contributed by atoms with E-state index in [1.54, 1.807) is 0 Å². The van der Waals surface area contributed by atoms with Crippen molar-refractivity contribution in [3.05, 3.63) is 0 Å². The number of carbonyl (C=O) groups is 1. The van der Waals surface area contributed by atoms with Crippen molar-refractivity contribution in [2.45, 2.75) is 32.7 Å². The summed E-state index contributed by atoms with van der Waals surface area (Å²) in [5.74, 6) is -0.0344. The zero-order valence-corrected chi connectivity index (χ0v) is 7.84. The van der Waals surface area contributed by atoms with Crippen molar-refractivity contribution in [2.75, 3.05) is 13.1 Å². The molecule has 0 aliphatic carbocycles. The Bertz CT molecular complexity index is 208. The van der Waals surface area contributed by atoms with Gasteiger partial charge in [0.05, 0.1) is 7.39 Å². The van der Waals surface area contributed by atoms with E-state index in [1.165, 1.54) is 0 Å². The zero-order chi connectivity index (χ0) is 10.1. The van der Waals surface area contributed by atoms with Gasteiger partial charge in [-0.25, -0.2) is 0 Å². The second-order valence-corrected chi connectivity index (χ2v) is 3.75. The summed E-state index contributed by atoms with van der Waals surface area (Å²) in [6.45, 7) is 5.77. The Kier molecular flexibility index (Phi) is 2.61. The van der Waals surface area contributed by atoms with Gasteiger partial charge in [0.1, 0.15) is 0 Å². The highest BCUT2D eigenvalue weighted by atomic mass is 16.2. The maximum Gasteiger partial charge on any atom is 0.234 e. The first-order valence-electron chi connectivity index (χ1n) is 5.02. The number of carbonyl (C=O) groups excluding carboxylic acids is 1. The molecule has 1 aliphatic heterocycles. The summed E-state index contributed by atoms with van der Waals surface area (Å²) in [7, 11) is 0.